The number of amides is 1. The first-order chi connectivity index (χ1) is 16.6. The Hall–Kier alpha value is -3.63. The topological polar surface area (TPSA) is 125 Å². The van der Waals surface area contributed by atoms with E-state index in [2.05, 4.69) is 15.0 Å². The van der Waals surface area contributed by atoms with Crippen LogP contribution in [0.15, 0.2) is 82.6 Å². The maximum atomic E-state index is 13.0. The van der Waals surface area contributed by atoms with Crippen LogP contribution in [-0.4, -0.2) is 40.5 Å². The molecule has 35 heavy (non-hydrogen) atoms. The number of fused-ring (bicyclic) bond motifs is 1. The van der Waals surface area contributed by atoms with E-state index in [9.17, 15) is 21.6 Å². The van der Waals surface area contributed by atoms with Gasteiger partial charge in [0, 0.05) is 35.0 Å². The Morgan fingerprint density at radius 1 is 0.886 bits per heavy atom. The molecule has 0 aliphatic carbocycles. The number of carbonyl (C=O) groups excluding carboxylic acids is 1. The normalized spacial score (nSPS) is 11.9. The molecule has 10 heteroatoms. The van der Waals surface area contributed by atoms with E-state index in [0.717, 1.165) is 18.2 Å². The highest BCUT2D eigenvalue weighted by Crippen LogP contribution is 2.34. The van der Waals surface area contributed by atoms with E-state index >= 15 is 0 Å². The molecule has 0 aliphatic rings. The smallest absolute Gasteiger partial charge is 0.268 e. The van der Waals surface area contributed by atoms with Crippen molar-refractivity contribution in [2.45, 2.75) is 23.1 Å². The summed E-state index contributed by atoms with van der Waals surface area (Å²) in [6, 6.07) is 19.4. The third-order valence-electron chi connectivity index (χ3n) is 5.44. The number of anilines is 1. The van der Waals surface area contributed by atoms with Crippen LogP contribution in [-0.2, 0) is 19.9 Å². The summed E-state index contributed by atoms with van der Waals surface area (Å²) in [4.78, 5) is 16.0. The summed E-state index contributed by atoms with van der Waals surface area (Å²) in [5, 5.41) is 3.57. The molecule has 0 unspecified atom stereocenters. The molecular formula is C25H25N3O5S2. The van der Waals surface area contributed by atoms with Crippen LogP contribution in [0.1, 0.15) is 23.8 Å². The van der Waals surface area contributed by atoms with Gasteiger partial charge >= 0.3 is 0 Å². The fourth-order valence-corrected chi connectivity index (χ4v) is 5.42. The molecule has 0 atom stereocenters. The SMILES string of the molecule is CCCNC(=O)c1[nH]c2ccc(NS(=O)(=O)c3ccc(S(C)(=O)=O)cc3)cc2c1-c1ccccc1. The predicted molar refractivity (Wildman–Crippen MR) is 137 cm³/mol. The molecule has 0 saturated heterocycles. The van der Waals surface area contributed by atoms with Gasteiger partial charge in [-0.25, -0.2) is 16.8 Å². The summed E-state index contributed by atoms with van der Waals surface area (Å²) < 4.78 is 51.8. The fraction of sp³-hybridized carbons (Fsp3) is 0.160. The molecule has 1 heterocycles. The van der Waals surface area contributed by atoms with Gasteiger partial charge in [0.05, 0.1) is 9.79 Å². The standard InChI is InChI=1S/C25H25N3O5S2/c1-3-15-26-25(29)24-23(17-7-5-4-6-8-17)21-16-18(9-14-22(21)27-24)28-35(32,33)20-12-10-19(11-13-20)34(2,30)31/h4-14,16,27-28H,3,15H2,1-2H3,(H,26,29). The zero-order chi connectivity index (χ0) is 25.2. The Labute approximate surface area is 204 Å². The molecule has 0 saturated carbocycles. The van der Waals surface area contributed by atoms with Crippen LogP contribution in [0.3, 0.4) is 0 Å². The van der Waals surface area contributed by atoms with Crippen LogP contribution in [0.4, 0.5) is 5.69 Å². The summed E-state index contributed by atoms with van der Waals surface area (Å²) >= 11 is 0. The molecule has 3 N–H and O–H groups in total. The number of aromatic amines is 1. The van der Waals surface area contributed by atoms with Crippen molar-refractivity contribution in [3.63, 3.8) is 0 Å². The number of nitrogens with one attached hydrogen (secondary N) is 3. The van der Waals surface area contributed by atoms with E-state index in [1.807, 2.05) is 37.3 Å². The Morgan fingerprint density at radius 2 is 1.54 bits per heavy atom. The highest BCUT2D eigenvalue weighted by molar-refractivity contribution is 7.92. The van der Waals surface area contributed by atoms with E-state index in [1.54, 1.807) is 18.2 Å². The highest BCUT2D eigenvalue weighted by atomic mass is 32.2. The average molecular weight is 512 g/mol. The van der Waals surface area contributed by atoms with Crippen molar-refractivity contribution < 1.29 is 21.6 Å². The van der Waals surface area contributed by atoms with Crippen LogP contribution in [0.5, 0.6) is 0 Å². The van der Waals surface area contributed by atoms with Crippen molar-refractivity contribution in [1.82, 2.24) is 10.3 Å². The Balaban J connectivity index is 1.75. The zero-order valence-electron chi connectivity index (χ0n) is 19.2. The van der Waals surface area contributed by atoms with Crippen molar-refractivity contribution in [2.75, 3.05) is 17.5 Å². The zero-order valence-corrected chi connectivity index (χ0v) is 20.8. The highest BCUT2D eigenvalue weighted by Gasteiger charge is 2.21. The summed E-state index contributed by atoms with van der Waals surface area (Å²) in [6.45, 7) is 2.50. The van der Waals surface area contributed by atoms with Gasteiger partial charge < -0.3 is 10.3 Å². The number of sulfone groups is 1. The van der Waals surface area contributed by atoms with Crippen molar-refractivity contribution >= 4 is 42.4 Å². The van der Waals surface area contributed by atoms with E-state index in [1.165, 1.54) is 24.3 Å². The van der Waals surface area contributed by atoms with Crippen LogP contribution in [0, 0.1) is 0 Å². The lowest BCUT2D eigenvalue weighted by Crippen LogP contribution is -2.24. The number of carbonyl (C=O) groups is 1. The van der Waals surface area contributed by atoms with E-state index in [0.29, 0.717) is 34.4 Å². The van der Waals surface area contributed by atoms with E-state index < -0.39 is 19.9 Å². The van der Waals surface area contributed by atoms with E-state index in [-0.39, 0.29) is 15.7 Å². The molecule has 4 aromatic rings. The molecule has 4 rings (SSSR count). The number of hydrogen-bond donors (Lipinski definition) is 3. The van der Waals surface area contributed by atoms with E-state index in [4.69, 9.17) is 0 Å². The number of benzene rings is 3. The Kier molecular flexibility index (Phi) is 6.68. The van der Waals surface area contributed by atoms with Gasteiger partial charge in [-0.05, 0) is 54.4 Å². The molecule has 0 aliphatic heterocycles. The van der Waals surface area contributed by atoms with Crippen LogP contribution >= 0.6 is 0 Å². The molecule has 0 bridgehead atoms. The predicted octanol–water partition coefficient (Wildman–Crippen LogP) is 4.18. The lowest BCUT2D eigenvalue weighted by atomic mass is 10.0. The molecule has 8 nitrogen and oxygen atoms in total. The first-order valence-electron chi connectivity index (χ1n) is 10.9. The molecule has 0 fully saturated rings. The summed E-state index contributed by atoms with van der Waals surface area (Å²) in [5.41, 5.74) is 2.88. The summed E-state index contributed by atoms with van der Waals surface area (Å²) in [7, 11) is -7.42. The minimum absolute atomic E-state index is 0.0339. The Bertz CT molecular complexity index is 1590. The Morgan fingerprint density at radius 3 is 2.17 bits per heavy atom. The first kappa shape index (κ1) is 24.5. The maximum absolute atomic E-state index is 13.0. The molecular weight excluding hydrogens is 486 g/mol. The van der Waals surface area contributed by atoms with Crippen LogP contribution in [0.25, 0.3) is 22.0 Å². The average Bonchev–Trinajstić information content (AvgIpc) is 3.21. The lowest BCUT2D eigenvalue weighted by molar-refractivity contribution is 0.0950. The van der Waals surface area contributed by atoms with Gasteiger partial charge in [-0.1, -0.05) is 37.3 Å². The first-order valence-corrected chi connectivity index (χ1v) is 14.3. The van der Waals surface area contributed by atoms with Crippen molar-refractivity contribution in [3.05, 3.63) is 78.5 Å². The largest absolute Gasteiger partial charge is 0.351 e. The second kappa shape index (κ2) is 9.55. The second-order valence-corrected chi connectivity index (χ2v) is 11.8. The molecule has 0 radical (unpaired) electrons. The van der Waals surface area contributed by atoms with Gasteiger partial charge in [-0.2, -0.15) is 0 Å². The quantitative estimate of drug-likeness (QED) is 0.327. The van der Waals surface area contributed by atoms with Crippen molar-refractivity contribution in [1.29, 1.82) is 0 Å². The second-order valence-electron chi connectivity index (χ2n) is 8.11. The number of aromatic nitrogens is 1. The fourth-order valence-electron chi connectivity index (χ4n) is 3.74. The molecule has 0 spiro atoms. The minimum Gasteiger partial charge on any atom is -0.351 e. The number of hydrogen-bond acceptors (Lipinski definition) is 5. The van der Waals surface area contributed by atoms with Crippen LogP contribution in [0.2, 0.25) is 0 Å². The molecule has 3 aromatic carbocycles. The lowest BCUT2D eigenvalue weighted by Gasteiger charge is -2.10. The van der Waals surface area contributed by atoms with Gasteiger partial charge in [-0.15, -0.1) is 0 Å². The van der Waals surface area contributed by atoms with Crippen molar-refractivity contribution in [2.24, 2.45) is 0 Å². The minimum atomic E-state index is -3.98. The van der Waals surface area contributed by atoms with Gasteiger partial charge in [0.2, 0.25) is 0 Å². The van der Waals surface area contributed by atoms with Gasteiger partial charge in [0.15, 0.2) is 9.84 Å². The molecule has 1 amide bonds. The number of rotatable bonds is 8. The summed E-state index contributed by atoms with van der Waals surface area (Å²) in [5.74, 6) is -0.241. The molecule has 182 valence electrons. The van der Waals surface area contributed by atoms with Crippen LogP contribution < -0.4 is 10.0 Å². The third kappa shape index (κ3) is 5.23. The van der Waals surface area contributed by atoms with Gasteiger partial charge in [0.25, 0.3) is 15.9 Å². The monoisotopic (exact) mass is 511 g/mol. The van der Waals surface area contributed by atoms with Gasteiger partial charge in [0.1, 0.15) is 5.69 Å². The summed E-state index contributed by atoms with van der Waals surface area (Å²) in [6.07, 6.45) is 1.85. The third-order valence-corrected chi connectivity index (χ3v) is 7.96. The van der Waals surface area contributed by atoms with Gasteiger partial charge in [-0.3, -0.25) is 9.52 Å². The van der Waals surface area contributed by atoms with Crippen molar-refractivity contribution in [3.8, 4) is 11.1 Å². The molecule has 1 aromatic heterocycles. The number of H-pyrrole nitrogens is 1. The maximum Gasteiger partial charge on any atom is 0.268 e. The number of sulfonamides is 1.